The number of amides is 1. The summed E-state index contributed by atoms with van der Waals surface area (Å²) in [5.74, 6) is -0.126. The average Bonchev–Trinajstić information content (AvgIpc) is 2.68. The van der Waals surface area contributed by atoms with Gasteiger partial charge >= 0.3 is 0 Å². The Balaban J connectivity index is 0.00000144. The van der Waals surface area contributed by atoms with Gasteiger partial charge in [0, 0.05) is 17.3 Å². The molecular formula is C11H14Cl2N2O2. The maximum atomic E-state index is 11.7. The highest BCUT2D eigenvalue weighted by Crippen LogP contribution is 2.15. The highest BCUT2D eigenvalue weighted by molar-refractivity contribution is 6.30. The molecule has 1 aliphatic rings. The second kappa shape index (κ2) is 6.21. The number of aliphatic hydroxyl groups is 1. The molecule has 1 heterocycles. The summed E-state index contributed by atoms with van der Waals surface area (Å²) in [5, 5.41) is 15.6. The molecule has 6 heteroatoms. The lowest BCUT2D eigenvalue weighted by atomic mass is 10.2. The van der Waals surface area contributed by atoms with E-state index in [1.54, 1.807) is 24.3 Å². The van der Waals surface area contributed by atoms with Gasteiger partial charge in [-0.05, 0) is 30.7 Å². The highest BCUT2D eigenvalue weighted by Gasteiger charge is 2.27. The molecule has 1 aliphatic heterocycles. The molecule has 94 valence electrons. The van der Waals surface area contributed by atoms with Crippen LogP contribution < -0.4 is 10.6 Å². The maximum Gasteiger partial charge on any atom is 0.241 e. The lowest BCUT2D eigenvalue weighted by molar-refractivity contribution is -0.117. The number of rotatable bonds is 2. The van der Waals surface area contributed by atoms with Crippen LogP contribution in [0.15, 0.2) is 24.3 Å². The number of anilines is 1. The highest BCUT2D eigenvalue weighted by atomic mass is 35.5. The number of carbonyl (C=O) groups is 1. The largest absolute Gasteiger partial charge is 0.392 e. The minimum absolute atomic E-state index is 0. The van der Waals surface area contributed by atoms with Crippen molar-refractivity contribution in [3.63, 3.8) is 0 Å². The van der Waals surface area contributed by atoms with E-state index in [4.69, 9.17) is 11.6 Å². The fraction of sp³-hybridized carbons (Fsp3) is 0.364. The molecule has 2 atom stereocenters. The van der Waals surface area contributed by atoms with Crippen LogP contribution in [0.4, 0.5) is 5.69 Å². The van der Waals surface area contributed by atoms with Gasteiger partial charge < -0.3 is 15.7 Å². The Morgan fingerprint density at radius 2 is 2.06 bits per heavy atom. The third-order valence-corrected chi connectivity index (χ3v) is 2.79. The molecule has 4 nitrogen and oxygen atoms in total. The van der Waals surface area contributed by atoms with Crippen molar-refractivity contribution < 1.29 is 9.90 Å². The van der Waals surface area contributed by atoms with E-state index < -0.39 is 6.10 Å². The first-order chi connectivity index (χ1) is 7.65. The zero-order chi connectivity index (χ0) is 11.5. The standard InChI is InChI=1S/C11H13ClN2O2.ClH/c12-7-1-3-8(4-2-7)14-11(16)10-5-9(15)6-13-10;/h1-4,9-10,13,15H,5-6H2,(H,14,16);1H. The molecule has 0 aromatic heterocycles. The van der Waals surface area contributed by atoms with Gasteiger partial charge in [-0.15, -0.1) is 12.4 Å². The van der Waals surface area contributed by atoms with Gasteiger partial charge in [0.25, 0.3) is 0 Å². The van der Waals surface area contributed by atoms with Gasteiger partial charge in [0.15, 0.2) is 0 Å². The zero-order valence-electron chi connectivity index (χ0n) is 9.02. The number of aliphatic hydroxyl groups excluding tert-OH is 1. The molecule has 1 amide bonds. The SMILES string of the molecule is Cl.O=C(Nc1ccc(Cl)cc1)C1CC(O)CN1. The van der Waals surface area contributed by atoms with Crippen molar-refractivity contribution in [3.8, 4) is 0 Å². The first-order valence-electron chi connectivity index (χ1n) is 5.13. The Hall–Kier alpha value is -0.810. The van der Waals surface area contributed by atoms with Crippen LogP contribution in [-0.2, 0) is 4.79 Å². The third kappa shape index (κ3) is 3.85. The minimum atomic E-state index is -0.430. The van der Waals surface area contributed by atoms with Crippen molar-refractivity contribution in [1.29, 1.82) is 0 Å². The molecule has 1 aromatic rings. The summed E-state index contributed by atoms with van der Waals surface area (Å²) >= 11 is 5.74. The normalized spacial score (nSPS) is 22.9. The number of benzene rings is 1. The van der Waals surface area contributed by atoms with Crippen LogP contribution in [0, 0.1) is 0 Å². The minimum Gasteiger partial charge on any atom is -0.392 e. The Morgan fingerprint density at radius 1 is 1.41 bits per heavy atom. The first-order valence-corrected chi connectivity index (χ1v) is 5.51. The lowest BCUT2D eigenvalue weighted by Crippen LogP contribution is -2.35. The summed E-state index contributed by atoms with van der Waals surface area (Å²) in [6, 6.07) is 6.60. The molecule has 1 saturated heterocycles. The van der Waals surface area contributed by atoms with E-state index in [-0.39, 0.29) is 24.4 Å². The molecule has 0 saturated carbocycles. The third-order valence-electron chi connectivity index (χ3n) is 2.54. The van der Waals surface area contributed by atoms with Gasteiger partial charge in [-0.1, -0.05) is 11.6 Å². The average molecular weight is 277 g/mol. The Bertz CT molecular complexity index is 384. The van der Waals surface area contributed by atoms with Crippen molar-refractivity contribution in [2.24, 2.45) is 0 Å². The van der Waals surface area contributed by atoms with E-state index in [0.717, 1.165) is 0 Å². The number of halogens is 2. The molecule has 1 fully saturated rings. The number of nitrogens with one attached hydrogen (secondary N) is 2. The first kappa shape index (κ1) is 14.3. The molecule has 2 rings (SSSR count). The predicted molar refractivity (Wildman–Crippen MR) is 69.7 cm³/mol. The Morgan fingerprint density at radius 3 is 2.59 bits per heavy atom. The Labute approximate surface area is 111 Å². The second-order valence-electron chi connectivity index (χ2n) is 3.85. The van der Waals surface area contributed by atoms with Crippen molar-refractivity contribution in [3.05, 3.63) is 29.3 Å². The monoisotopic (exact) mass is 276 g/mol. The summed E-state index contributed by atoms with van der Waals surface area (Å²) in [6.07, 6.45) is 0.0281. The van der Waals surface area contributed by atoms with Crippen molar-refractivity contribution in [2.75, 3.05) is 11.9 Å². The summed E-state index contributed by atoms with van der Waals surface area (Å²) < 4.78 is 0. The van der Waals surface area contributed by atoms with Crippen LogP contribution in [0.25, 0.3) is 0 Å². The topological polar surface area (TPSA) is 61.4 Å². The summed E-state index contributed by atoms with van der Waals surface area (Å²) in [5.41, 5.74) is 0.706. The smallest absolute Gasteiger partial charge is 0.241 e. The molecular weight excluding hydrogens is 263 g/mol. The number of carbonyl (C=O) groups excluding carboxylic acids is 1. The van der Waals surface area contributed by atoms with E-state index in [0.29, 0.717) is 23.7 Å². The van der Waals surface area contributed by atoms with Crippen LogP contribution in [0.2, 0.25) is 5.02 Å². The van der Waals surface area contributed by atoms with Gasteiger partial charge in [-0.2, -0.15) is 0 Å². The maximum absolute atomic E-state index is 11.7. The van der Waals surface area contributed by atoms with Crippen molar-refractivity contribution in [1.82, 2.24) is 5.32 Å². The fourth-order valence-corrected chi connectivity index (χ4v) is 1.81. The van der Waals surface area contributed by atoms with E-state index in [1.807, 2.05) is 0 Å². The number of β-amino-alcohol motifs (C(OH)–C–C–N with tert-alkyl or cyclic N) is 1. The van der Waals surface area contributed by atoms with Crippen LogP contribution in [-0.4, -0.2) is 29.7 Å². The van der Waals surface area contributed by atoms with Crippen LogP contribution in [0.5, 0.6) is 0 Å². The van der Waals surface area contributed by atoms with Crippen molar-refractivity contribution >= 4 is 35.6 Å². The quantitative estimate of drug-likeness (QED) is 0.766. The molecule has 2 unspecified atom stereocenters. The van der Waals surface area contributed by atoms with Gasteiger partial charge in [-0.25, -0.2) is 0 Å². The van der Waals surface area contributed by atoms with Gasteiger partial charge in [0.2, 0.25) is 5.91 Å². The van der Waals surface area contributed by atoms with Crippen molar-refractivity contribution in [2.45, 2.75) is 18.6 Å². The summed E-state index contributed by atoms with van der Waals surface area (Å²) in [4.78, 5) is 11.7. The lowest BCUT2D eigenvalue weighted by Gasteiger charge is -2.10. The zero-order valence-corrected chi connectivity index (χ0v) is 10.6. The van der Waals surface area contributed by atoms with E-state index in [9.17, 15) is 9.90 Å². The molecule has 0 bridgehead atoms. The number of hydrogen-bond acceptors (Lipinski definition) is 3. The molecule has 1 aromatic carbocycles. The molecule has 0 aliphatic carbocycles. The molecule has 0 spiro atoms. The molecule has 0 radical (unpaired) electrons. The second-order valence-corrected chi connectivity index (χ2v) is 4.28. The van der Waals surface area contributed by atoms with Crippen LogP contribution in [0.3, 0.4) is 0 Å². The molecule has 17 heavy (non-hydrogen) atoms. The number of hydrogen-bond donors (Lipinski definition) is 3. The van der Waals surface area contributed by atoms with E-state index >= 15 is 0 Å². The Kier molecular flexibility index (Phi) is 5.21. The van der Waals surface area contributed by atoms with Gasteiger partial charge in [0.1, 0.15) is 0 Å². The van der Waals surface area contributed by atoms with Crippen LogP contribution in [0.1, 0.15) is 6.42 Å². The summed E-state index contributed by atoms with van der Waals surface area (Å²) in [7, 11) is 0. The molecule has 3 N–H and O–H groups in total. The van der Waals surface area contributed by atoms with E-state index in [1.165, 1.54) is 0 Å². The summed E-state index contributed by atoms with van der Waals surface area (Å²) in [6.45, 7) is 0.471. The van der Waals surface area contributed by atoms with Gasteiger partial charge in [0.05, 0.1) is 12.1 Å². The van der Waals surface area contributed by atoms with Gasteiger partial charge in [-0.3, -0.25) is 4.79 Å². The van der Waals surface area contributed by atoms with Crippen LogP contribution >= 0.6 is 24.0 Å². The van der Waals surface area contributed by atoms with E-state index in [2.05, 4.69) is 10.6 Å². The predicted octanol–water partition coefficient (Wildman–Crippen LogP) is 1.42. The fourth-order valence-electron chi connectivity index (χ4n) is 1.68.